The van der Waals surface area contributed by atoms with Gasteiger partial charge in [-0.1, -0.05) is 12.2 Å². The van der Waals surface area contributed by atoms with Gasteiger partial charge in [0.2, 0.25) is 0 Å². The van der Waals surface area contributed by atoms with Crippen molar-refractivity contribution in [2.75, 3.05) is 11.9 Å². The highest BCUT2D eigenvalue weighted by Gasteiger charge is 2.47. The lowest BCUT2D eigenvalue weighted by atomic mass is 10.00. The summed E-state index contributed by atoms with van der Waals surface area (Å²) in [6, 6.07) is -2.10. The third-order valence-electron chi connectivity index (χ3n) is 7.49. The molecule has 8 nitrogen and oxygen atoms in total. The van der Waals surface area contributed by atoms with Crippen molar-refractivity contribution >= 4 is 40.4 Å². The van der Waals surface area contributed by atoms with Gasteiger partial charge in [-0.3, -0.25) is 14.6 Å². The fourth-order valence-electron chi connectivity index (χ4n) is 4.45. The van der Waals surface area contributed by atoms with Crippen molar-refractivity contribution in [3.8, 4) is 0 Å². The lowest BCUT2D eigenvalue weighted by molar-refractivity contribution is -0.132. The largest absolute Gasteiger partial charge is 0.388 e. The van der Waals surface area contributed by atoms with Crippen LogP contribution in [-0.4, -0.2) is 79.6 Å². The minimum absolute atomic E-state index is 0.0283. The number of halogens is 4. The number of hydrogen-bond acceptors (Lipinski definition) is 7. The van der Waals surface area contributed by atoms with Gasteiger partial charge in [-0.25, -0.2) is 22.5 Å². The van der Waals surface area contributed by atoms with Gasteiger partial charge in [0.1, 0.15) is 5.82 Å². The minimum atomic E-state index is -3.14. The monoisotopic (exact) mass is 587 g/mol. The Labute approximate surface area is 237 Å². The second kappa shape index (κ2) is 12.1. The van der Waals surface area contributed by atoms with E-state index in [9.17, 15) is 32.3 Å². The maximum Gasteiger partial charge on any atom is 0.267 e. The Hall–Kier alpha value is -2.67. The first-order valence-electron chi connectivity index (χ1n) is 13.3. The van der Waals surface area contributed by atoms with E-state index in [1.165, 1.54) is 27.7 Å². The van der Waals surface area contributed by atoms with Crippen molar-refractivity contribution in [2.45, 2.75) is 103 Å². The number of aromatic nitrogens is 1. The van der Waals surface area contributed by atoms with Gasteiger partial charge >= 0.3 is 0 Å². The van der Waals surface area contributed by atoms with E-state index >= 15 is 0 Å². The normalized spacial score (nSPS) is 21.6. The van der Waals surface area contributed by atoms with Crippen molar-refractivity contribution in [1.29, 1.82) is 0 Å². The molecule has 4 atom stereocenters. The van der Waals surface area contributed by atoms with Crippen LogP contribution >= 0.6 is 12.2 Å². The highest BCUT2D eigenvalue weighted by Crippen LogP contribution is 2.35. The van der Waals surface area contributed by atoms with E-state index in [0.29, 0.717) is 5.92 Å². The van der Waals surface area contributed by atoms with Gasteiger partial charge in [0.05, 0.1) is 28.8 Å². The molecular formula is C27H37F4N5O3S. The zero-order valence-electron chi connectivity index (χ0n) is 23.5. The molecule has 1 saturated carbocycles. The molecular weight excluding hydrogens is 550 g/mol. The van der Waals surface area contributed by atoms with Crippen molar-refractivity contribution in [1.82, 2.24) is 15.2 Å². The Balaban J connectivity index is 1.99. The molecule has 2 fully saturated rings. The summed E-state index contributed by atoms with van der Waals surface area (Å²) in [6.07, 6.45) is -0.368. The molecule has 222 valence electrons. The third kappa shape index (κ3) is 7.74. The van der Waals surface area contributed by atoms with E-state index in [4.69, 9.17) is 12.2 Å². The number of aliphatic hydroxyl groups is 1. The topological polar surface area (TPSA) is 107 Å². The molecule has 3 N–H and O–H groups in total. The molecule has 2 heterocycles. The molecule has 0 spiro atoms. The number of nitrogens with zero attached hydrogens (tertiary/aromatic N) is 3. The van der Waals surface area contributed by atoms with E-state index < -0.39 is 66.4 Å². The maximum absolute atomic E-state index is 14.2. The van der Waals surface area contributed by atoms with E-state index in [-0.39, 0.29) is 28.0 Å². The number of alkyl halides is 4. The highest BCUT2D eigenvalue weighted by molar-refractivity contribution is 7.81. The molecule has 0 bridgehead atoms. The number of thiocarbonyl (C=S) groups is 1. The summed E-state index contributed by atoms with van der Waals surface area (Å²) in [4.78, 5) is 35.3. The van der Waals surface area contributed by atoms with Crippen LogP contribution in [0.2, 0.25) is 0 Å². The zero-order valence-corrected chi connectivity index (χ0v) is 24.3. The molecule has 3 rings (SSSR count). The van der Waals surface area contributed by atoms with E-state index in [1.54, 1.807) is 6.92 Å². The highest BCUT2D eigenvalue weighted by atomic mass is 32.1. The maximum atomic E-state index is 14.2. The Bertz CT molecular complexity index is 1170. The Morgan fingerprint density at radius 3 is 2.40 bits per heavy atom. The zero-order chi connectivity index (χ0) is 30.2. The fraction of sp³-hybridized carbons (Fsp3) is 0.667. The van der Waals surface area contributed by atoms with Crippen molar-refractivity contribution in [2.24, 2.45) is 10.9 Å². The molecule has 1 aromatic rings. The quantitative estimate of drug-likeness (QED) is 0.154. The first kappa shape index (κ1) is 31.9. The molecule has 2 amide bonds. The van der Waals surface area contributed by atoms with Crippen molar-refractivity contribution < 1.29 is 32.3 Å². The Morgan fingerprint density at radius 1 is 1.27 bits per heavy atom. The number of anilines is 1. The SMILES string of the molecule is CC(=NC(C(=O)N1CC(F)(F)C[C@@H]1C)C(=S)c1cnc(N[C@@H](C)C2CC2)cc1C(F)F)C(=O)N[C@H](C)C(C)(C)O. The predicted octanol–water partition coefficient (Wildman–Crippen LogP) is 4.31. The fourth-order valence-corrected chi connectivity index (χ4v) is 4.78. The van der Waals surface area contributed by atoms with Crippen LogP contribution in [0, 0.1) is 5.92 Å². The molecule has 1 saturated heterocycles. The standard InChI is InChI=1S/C27H37F4N5O3S/c1-13-10-27(30,31)12-36(13)25(38)21(34-15(3)24(37)35-16(4)26(5,6)39)22(40)19-11-32-20(9-18(19)23(28)29)33-14(2)17-7-8-17/h9,11,13-14,16-17,21,23,39H,7-8,10,12H2,1-6H3,(H,32,33)(H,35,37)/t13-,14-,16+,21?/m0/s1. The van der Waals surface area contributed by atoms with Crippen molar-refractivity contribution in [3.63, 3.8) is 0 Å². The molecule has 1 aliphatic carbocycles. The predicted molar refractivity (Wildman–Crippen MR) is 148 cm³/mol. The van der Waals surface area contributed by atoms with Crippen LogP contribution in [0.1, 0.15) is 78.4 Å². The summed E-state index contributed by atoms with van der Waals surface area (Å²) < 4.78 is 56.7. The van der Waals surface area contributed by atoms with Gasteiger partial charge in [-0.05, 0) is 66.4 Å². The lowest BCUT2D eigenvalue weighted by Crippen LogP contribution is -2.49. The van der Waals surface area contributed by atoms with Crippen LogP contribution in [0.4, 0.5) is 23.4 Å². The van der Waals surface area contributed by atoms with Crippen LogP contribution in [0.25, 0.3) is 0 Å². The van der Waals surface area contributed by atoms with Gasteiger partial charge < -0.3 is 20.6 Å². The Kier molecular flexibility index (Phi) is 9.60. The smallest absolute Gasteiger partial charge is 0.267 e. The third-order valence-corrected chi connectivity index (χ3v) is 7.94. The van der Waals surface area contributed by atoms with E-state index in [1.807, 2.05) is 6.92 Å². The number of pyridine rings is 1. The second-order valence-electron chi connectivity index (χ2n) is 11.4. The lowest BCUT2D eigenvalue weighted by Gasteiger charge is -2.27. The number of aliphatic imine (C=N–C) groups is 1. The number of likely N-dealkylation sites (tertiary alicyclic amines) is 1. The number of nitrogens with one attached hydrogen (secondary N) is 2. The van der Waals surface area contributed by atoms with Crippen LogP contribution in [0.15, 0.2) is 17.3 Å². The molecule has 1 aliphatic heterocycles. The van der Waals surface area contributed by atoms with Gasteiger partial charge in [0.15, 0.2) is 6.04 Å². The molecule has 13 heteroatoms. The van der Waals surface area contributed by atoms with Gasteiger partial charge in [-0.2, -0.15) is 0 Å². The van der Waals surface area contributed by atoms with Crippen molar-refractivity contribution in [3.05, 3.63) is 23.4 Å². The number of carbonyl (C=O) groups excluding carboxylic acids is 2. The number of amides is 2. The average molecular weight is 588 g/mol. The first-order valence-corrected chi connectivity index (χ1v) is 13.7. The molecule has 2 aliphatic rings. The summed E-state index contributed by atoms with van der Waals surface area (Å²) in [5, 5.41) is 15.8. The van der Waals surface area contributed by atoms with Crippen LogP contribution in [0.5, 0.6) is 0 Å². The summed E-state index contributed by atoms with van der Waals surface area (Å²) >= 11 is 5.48. The number of rotatable bonds is 11. The summed E-state index contributed by atoms with van der Waals surface area (Å²) in [5.41, 5.74) is -2.23. The first-order chi connectivity index (χ1) is 18.4. The summed E-state index contributed by atoms with van der Waals surface area (Å²) in [6.45, 7) is 8.32. The minimum Gasteiger partial charge on any atom is -0.388 e. The summed E-state index contributed by atoms with van der Waals surface area (Å²) in [5.74, 6) is -4.15. The summed E-state index contributed by atoms with van der Waals surface area (Å²) in [7, 11) is 0. The van der Waals surface area contributed by atoms with Crippen LogP contribution < -0.4 is 10.6 Å². The second-order valence-corrected chi connectivity index (χ2v) is 11.9. The molecule has 0 aromatic carbocycles. The van der Waals surface area contributed by atoms with E-state index in [2.05, 4.69) is 20.6 Å². The number of carbonyl (C=O) groups is 2. The van der Waals surface area contributed by atoms with Gasteiger partial charge in [0, 0.05) is 35.8 Å². The average Bonchev–Trinajstić information content (AvgIpc) is 3.65. The number of hydrogen-bond donors (Lipinski definition) is 3. The van der Waals surface area contributed by atoms with Crippen LogP contribution in [0.3, 0.4) is 0 Å². The Morgan fingerprint density at radius 2 is 1.90 bits per heavy atom. The van der Waals surface area contributed by atoms with Gasteiger partial charge in [-0.15, -0.1) is 0 Å². The molecule has 0 radical (unpaired) electrons. The molecule has 40 heavy (non-hydrogen) atoms. The van der Waals surface area contributed by atoms with Crippen LogP contribution in [-0.2, 0) is 9.59 Å². The molecule has 1 aromatic heterocycles. The van der Waals surface area contributed by atoms with E-state index in [0.717, 1.165) is 30.0 Å². The van der Waals surface area contributed by atoms with Gasteiger partial charge in [0.25, 0.3) is 24.2 Å². The molecule has 1 unspecified atom stereocenters.